The minimum atomic E-state index is 0.549. The molecule has 0 N–H and O–H groups in total. The SMILES string of the molecule is COc1ccc(-c2cc(C=O)c(C)o2)nc1. The molecule has 0 fully saturated rings. The number of ether oxygens (including phenoxy) is 1. The van der Waals surface area contributed by atoms with E-state index in [1.807, 2.05) is 0 Å². The van der Waals surface area contributed by atoms with Gasteiger partial charge in [-0.15, -0.1) is 0 Å². The number of pyridine rings is 1. The summed E-state index contributed by atoms with van der Waals surface area (Å²) in [7, 11) is 1.58. The van der Waals surface area contributed by atoms with Gasteiger partial charge < -0.3 is 9.15 Å². The van der Waals surface area contributed by atoms with Gasteiger partial charge in [-0.25, -0.2) is 4.98 Å². The molecule has 4 nitrogen and oxygen atoms in total. The fourth-order valence-electron chi connectivity index (χ4n) is 1.39. The first kappa shape index (κ1) is 10.4. The highest BCUT2D eigenvalue weighted by molar-refractivity contribution is 5.78. The molecule has 0 aliphatic carbocycles. The lowest BCUT2D eigenvalue weighted by Gasteiger charge is -1.99. The van der Waals surface area contributed by atoms with E-state index in [0.717, 1.165) is 6.29 Å². The quantitative estimate of drug-likeness (QED) is 0.741. The van der Waals surface area contributed by atoms with Gasteiger partial charge in [0.1, 0.15) is 17.2 Å². The lowest BCUT2D eigenvalue weighted by Crippen LogP contribution is -1.85. The minimum absolute atomic E-state index is 0.549. The van der Waals surface area contributed by atoms with E-state index < -0.39 is 0 Å². The summed E-state index contributed by atoms with van der Waals surface area (Å²) < 4.78 is 10.4. The summed E-state index contributed by atoms with van der Waals surface area (Å²) in [5.74, 6) is 1.87. The Bertz CT molecular complexity index is 499. The number of carbonyl (C=O) groups is 1. The van der Waals surface area contributed by atoms with E-state index in [-0.39, 0.29) is 0 Å². The van der Waals surface area contributed by atoms with Crippen molar-refractivity contribution in [3.8, 4) is 17.2 Å². The van der Waals surface area contributed by atoms with Crippen LogP contribution < -0.4 is 4.74 Å². The maximum atomic E-state index is 10.7. The van der Waals surface area contributed by atoms with Crippen LogP contribution in [-0.2, 0) is 0 Å². The van der Waals surface area contributed by atoms with Crippen LogP contribution in [0.25, 0.3) is 11.5 Å². The lowest BCUT2D eigenvalue weighted by atomic mass is 10.2. The standard InChI is InChI=1S/C12H11NO3/c1-8-9(7-14)5-12(16-8)11-4-3-10(15-2)6-13-11/h3-7H,1-2H3. The van der Waals surface area contributed by atoms with Crippen LogP contribution in [0.3, 0.4) is 0 Å². The third-order valence-electron chi connectivity index (χ3n) is 2.31. The smallest absolute Gasteiger partial charge is 0.153 e. The zero-order valence-corrected chi connectivity index (χ0v) is 9.06. The van der Waals surface area contributed by atoms with Gasteiger partial charge in [0, 0.05) is 0 Å². The van der Waals surface area contributed by atoms with Crippen LogP contribution in [-0.4, -0.2) is 18.4 Å². The molecule has 2 rings (SSSR count). The first-order chi connectivity index (χ1) is 7.74. The summed E-state index contributed by atoms with van der Waals surface area (Å²) in [5.41, 5.74) is 1.23. The minimum Gasteiger partial charge on any atom is -0.495 e. The third kappa shape index (κ3) is 1.82. The number of furan rings is 1. The van der Waals surface area contributed by atoms with Crippen molar-refractivity contribution in [2.45, 2.75) is 6.92 Å². The van der Waals surface area contributed by atoms with E-state index in [1.54, 1.807) is 38.4 Å². The largest absolute Gasteiger partial charge is 0.495 e. The first-order valence-corrected chi connectivity index (χ1v) is 4.80. The molecule has 0 unspecified atom stereocenters. The van der Waals surface area contributed by atoms with Crippen molar-refractivity contribution in [1.82, 2.24) is 4.98 Å². The molecule has 2 aromatic heterocycles. The van der Waals surface area contributed by atoms with Gasteiger partial charge in [0.25, 0.3) is 0 Å². The molecule has 82 valence electrons. The topological polar surface area (TPSA) is 52.3 Å². The molecule has 4 heteroatoms. The second kappa shape index (κ2) is 4.18. The number of aryl methyl sites for hydroxylation is 1. The van der Waals surface area contributed by atoms with Crippen molar-refractivity contribution >= 4 is 6.29 Å². The molecule has 2 aromatic rings. The molecule has 0 aromatic carbocycles. The third-order valence-corrected chi connectivity index (χ3v) is 2.31. The number of hydrogen-bond acceptors (Lipinski definition) is 4. The zero-order chi connectivity index (χ0) is 11.5. The Kier molecular flexibility index (Phi) is 2.72. The Morgan fingerprint density at radius 3 is 2.75 bits per heavy atom. The van der Waals surface area contributed by atoms with Crippen LogP contribution >= 0.6 is 0 Å². The monoisotopic (exact) mass is 217 g/mol. The van der Waals surface area contributed by atoms with Crippen molar-refractivity contribution in [3.05, 3.63) is 35.7 Å². The summed E-state index contributed by atoms with van der Waals surface area (Å²) in [6.07, 6.45) is 2.37. The van der Waals surface area contributed by atoms with Gasteiger partial charge in [-0.3, -0.25) is 4.79 Å². The van der Waals surface area contributed by atoms with Crippen LogP contribution in [0.5, 0.6) is 5.75 Å². The lowest BCUT2D eigenvalue weighted by molar-refractivity contribution is 0.112. The maximum Gasteiger partial charge on any atom is 0.153 e. The van der Waals surface area contributed by atoms with Gasteiger partial charge in [0.05, 0.1) is 18.9 Å². The number of carbonyl (C=O) groups excluding carboxylic acids is 1. The van der Waals surface area contributed by atoms with Crippen molar-refractivity contribution in [3.63, 3.8) is 0 Å². The number of aromatic nitrogens is 1. The van der Waals surface area contributed by atoms with Crippen LogP contribution in [0.4, 0.5) is 0 Å². The molecule has 0 aliphatic heterocycles. The summed E-state index contributed by atoms with van der Waals surface area (Å²) in [6.45, 7) is 1.75. The normalized spacial score (nSPS) is 10.1. The molecule has 0 saturated heterocycles. The van der Waals surface area contributed by atoms with E-state index in [0.29, 0.717) is 28.5 Å². The number of nitrogens with zero attached hydrogens (tertiary/aromatic N) is 1. The molecule has 0 radical (unpaired) electrons. The van der Waals surface area contributed by atoms with E-state index in [2.05, 4.69) is 4.98 Å². The van der Waals surface area contributed by atoms with E-state index >= 15 is 0 Å². The molecule has 0 aliphatic rings. The van der Waals surface area contributed by atoms with E-state index in [4.69, 9.17) is 9.15 Å². The molecule has 16 heavy (non-hydrogen) atoms. The van der Waals surface area contributed by atoms with Crippen molar-refractivity contribution in [2.24, 2.45) is 0 Å². The van der Waals surface area contributed by atoms with Crippen LogP contribution in [0, 0.1) is 6.92 Å². The molecule has 0 amide bonds. The summed E-state index contributed by atoms with van der Waals surface area (Å²) in [5, 5.41) is 0. The highest BCUT2D eigenvalue weighted by Gasteiger charge is 2.09. The van der Waals surface area contributed by atoms with Gasteiger partial charge in [0.2, 0.25) is 0 Å². The molecule has 0 atom stereocenters. The second-order valence-corrected chi connectivity index (χ2v) is 3.32. The number of hydrogen-bond donors (Lipinski definition) is 0. The predicted octanol–water partition coefficient (Wildman–Crippen LogP) is 2.47. The maximum absolute atomic E-state index is 10.7. The van der Waals surface area contributed by atoms with Crippen LogP contribution in [0.1, 0.15) is 16.1 Å². The fraction of sp³-hybridized carbons (Fsp3) is 0.167. The second-order valence-electron chi connectivity index (χ2n) is 3.32. The van der Waals surface area contributed by atoms with Crippen molar-refractivity contribution in [1.29, 1.82) is 0 Å². The van der Waals surface area contributed by atoms with Gasteiger partial charge in [-0.1, -0.05) is 0 Å². The number of rotatable bonds is 3. The van der Waals surface area contributed by atoms with Gasteiger partial charge in [-0.2, -0.15) is 0 Å². The molecular weight excluding hydrogens is 206 g/mol. The van der Waals surface area contributed by atoms with Gasteiger partial charge in [-0.05, 0) is 25.1 Å². The van der Waals surface area contributed by atoms with Crippen molar-refractivity contribution < 1.29 is 13.9 Å². The Balaban J connectivity index is 2.38. The summed E-state index contributed by atoms with van der Waals surface area (Å²) in [6, 6.07) is 5.25. The average molecular weight is 217 g/mol. The molecule has 2 heterocycles. The highest BCUT2D eigenvalue weighted by atomic mass is 16.5. The van der Waals surface area contributed by atoms with E-state index in [1.165, 1.54) is 0 Å². The van der Waals surface area contributed by atoms with Crippen LogP contribution in [0.15, 0.2) is 28.8 Å². The Morgan fingerprint density at radius 2 is 2.25 bits per heavy atom. The highest BCUT2D eigenvalue weighted by Crippen LogP contribution is 2.23. The molecule has 0 saturated carbocycles. The Hall–Kier alpha value is -2.10. The predicted molar refractivity (Wildman–Crippen MR) is 58.6 cm³/mol. The zero-order valence-electron chi connectivity index (χ0n) is 9.06. The Labute approximate surface area is 92.9 Å². The van der Waals surface area contributed by atoms with Crippen molar-refractivity contribution in [2.75, 3.05) is 7.11 Å². The van der Waals surface area contributed by atoms with Gasteiger partial charge in [0.15, 0.2) is 12.0 Å². The average Bonchev–Trinajstić information content (AvgIpc) is 2.71. The fourth-order valence-corrected chi connectivity index (χ4v) is 1.39. The summed E-state index contributed by atoms with van der Waals surface area (Å²) in [4.78, 5) is 14.8. The summed E-state index contributed by atoms with van der Waals surface area (Å²) >= 11 is 0. The van der Waals surface area contributed by atoms with E-state index in [9.17, 15) is 4.79 Å². The number of aldehydes is 1. The molecule has 0 spiro atoms. The number of methoxy groups -OCH3 is 1. The van der Waals surface area contributed by atoms with Gasteiger partial charge >= 0.3 is 0 Å². The molecule has 0 bridgehead atoms. The molecular formula is C12H11NO3. The Morgan fingerprint density at radius 1 is 1.44 bits per heavy atom. The van der Waals surface area contributed by atoms with Crippen LogP contribution in [0.2, 0.25) is 0 Å². The first-order valence-electron chi connectivity index (χ1n) is 4.80.